The average molecular weight is 250 g/mol. The first-order valence-corrected chi connectivity index (χ1v) is 6.55. The highest BCUT2D eigenvalue weighted by molar-refractivity contribution is 5.81. The van der Waals surface area contributed by atoms with Crippen LogP contribution in [0.1, 0.15) is 24.4 Å². The van der Waals surface area contributed by atoms with Crippen LogP contribution in [0.25, 0.3) is 0 Å². The highest BCUT2D eigenvalue weighted by Gasteiger charge is 2.33. The van der Waals surface area contributed by atoms with Gasteiger partial charge in [0.05, 0.1) is 6.54 Å². The van der Waals surface area contributed by atoms with Gasteiger partial charge in [-0.3, -0.25) is 4.79 Å². The van der Waals surface area contributed by atoms with Gasteiger partial charge in [-0.1, -0.05) is 0 Å². The van der Waals surface area contributed by atoms with E-state index in [0.29, 0.717) is 6.54 Å². The summed E-state index contributed by atoms with van der Waals surface area (Å²) >= 11 is 0. The Hall–Kier alpha value is -1.29. The van der Waals surface area contributed by atoms with Crippen LogP contribution < -0.4 is 0 Å². The third-order valence-corrected chi connectivity index (χ3v) is 3.20. The molecule has 4 nitrogen and oxygen atoms in total. The van der Waals surface area contributed by atoms with E-state index >= 15 is 0 Å². The van der Waals surface area contributed by atoms with Crippen LogP contribution in [0, 0.1) is 12.8 Å². The molecule has 0 N–H and O–H groups in total. The minimum Gasteiger partial charge on any atom is -0.464 e. The minimum absolute atomic E-state index is 0.267. The number of amides is 1. The van der Waals surface area contributed by atoms with Gasteiger partial charge in [-0.2, -0.15) is 0 Å². The summed E-state index contributed by atoms with van der Waals surface area (Å²) in [5, 5.41) is 0. The highest BCUT2D eigenvalue weighted by atomic mass is 16.3. The first-order valence-electron chi connectivity index (χ1n) is 6.55. The van der Waals surface area contributed by atoms with Gasteiger partial charge in [0.25, 0.3) is 0 Å². The number of aryl methyl sites for hydroxylation is 1. The predicted octanol–water partition coefficient (Wildman–Crippen LogP) is 1.89. The lowest BCUT2D eigenvalue weighted by atomic mass is 10.3. The van der Waals surface area contributed by atoms with Crippen molar-refractivity contribution in [2.75, 3.05) is 27.2 Å². The Morgan fingerprint density at radius 2 is 2.06 bits per heavy atom. The molecule has 0 unspecified atom stereocenters. The van der Waals surface area contributed by atoms with Gasteiger partial charge >= 0.3 is 0 Å². The van der Waals surface area contributed by atoms with Gasteiger partial charge in [-0.05, 0) is 46.0 Å². The lowest BCUT2D eigenvalue weighted by Gasteiger charge is -2.23. The molecule has 1 amide bonds. The van der Waals surface area contributed by atoms with E-state index in [2.05, 4.69) is 4.90 Å². The molecule has 4 heteroatoms. The van der Waals surface area contributed by atoms with E-state index in [4.69, 9.17) is 4.42 Å². The number of hydrogen-bond donors (Lipinski definition) is 0. The molecule has 1 aliphatic rings. The molecule has 0 radical (unpaired) electrons. The zero-order chi connectivity index (χ0) is 13.1. The van der Waals surface area contributed by atoms with Gasteiger partial charge in [0.2, 0.25) is 5.91 Å². The molecule has 0 aliphatic heterocycles. The molecule has 0 bridgehead atoms. The molecule has 0 spiro atoms. The quantitative estimate of drug-likeness (QED) is 0.773. The first-order chi connectivity index (χ1) is 8.56. The smallest absolute Gasteiger partial charge is 0.226 e. The Labute approximate surface area is 109 Å². The summed E-state index contributed by atoms with van der Waals surface area (Å²) in [6.07, 6.45) is 2.10. The first kappa shape index (κ1) is 13.1. The molecule has 1 aromatic heterocycles. The van der Waals surface area contributed by atoms with Crippen LogP contribution in [-0.4, -0.2) is 42.9 Å². The van der Waals surface area contributed by atoms with Crippen molar-refractivity contribution in [2.24, 2.45) is 5.92 Å². The minimum atomic E-state index is 0.267. The monoisotopic (exact) mass is 250 g/mol. The van der Waals surface area contributed by atoms with E-state index in [0.717, 1.165) is 37.5 Å². The van der Waals surface area contributed by atoms with Gasteiger partial charge in [-0.15, -0.1) is 0 Å². The Morgan fingerprint density at radius 3 is 2.56 bits per heavy atom. The van der Waals surface area contributed by atoms with E-state index in [1.54, 1.807) is 0 Å². The van der Waals surface area contributed by atoms with Gasteiger partial charge in [-0.25, -0.2) is 0 Å². The van der Waals surface area contributed by atoms with E-state index < -0.39 is 0 Å². The van der Waals surface area contributed by atoms with Crippen LogP contribution in [0.3, 0.4) is 0 Å². The van der Waals surface area contributed by atoms with Crippen molar-refractivity contribution >= 4 is 5.91 Å². The molecule has 0 atom stereocenters. The zero-order valence-corrected chi connectivity index (χ0v) is 11.5. The molecular weight excluding hydrogens is 228 g/mol. The van der Waals surface area contributed by atoms with Crippen LogP contribution in [-0.2, 0) is 11.3 Å². The molecule has 1 aromatic rings. The summed E-state index contributed by atoms with van der Waals surface area (Å²) in [5.41, 5.74) is 0. The second-order valence-electron chi connectivity index (χ2n) is 5.35. The van der Waals surface area contributed by atoms with E-state index in [-0.39, 0.29) is 11.8 Å². The van der Waals surface area contributed by atoms with Crippen LogP contribution in [0.5, 0.6) is 0 Å². The lowest BCUT2D eigenvalue weighted by Crippen LogP contribution is -2.37. The molecule has 1 saturated carbocycles. The van der Waals surface area contributed by atoms with Crippen LogP contribution in [0.4, 0.5) is 0 Å². The fraction of sp³-hybridized carbons (Fsp3) is 0.643. The summed E-state index contributed by atoms with van der Waals surface area (Å²) in [7, 11) is 4.05. The third kappa shape index (κ3) is 3.60. The topological polar surface area (TPSA) is 36.7 Å². The summed E-state index contributed by atoms with van der Waals surface area (Å²) in [5.74, 6) is 2.32. The van der Waals surface area contributed by atoms with Gasteiger partial charge in [0.15, 0.2) is 0 Å². The van der Waals surface area contributed by atoms with Crippen LogP contribution >= 0.6 is 0 Å². The van der Waals surface area contributed by atoms with E-state index in [1.807, 2.05) is 38.1 Å². The van der Waals surface area contributed by atoms with Crippen molar-refractivity contribution in [2.45, 2.75) is 26.3 Å². The molecule has 2 rings (SSSR count). The summed E-state index contributed by atoms with van der Waals surface area (Å²) in [6, 6.07) is 3.90. The molecule has 1 aliphatic carbocycles. The maximum absolute atomic E-state index is 12.2. The Balaban J connectivity index is 1.96. The van der Waals surface area contributed by atoms with E-state index in [9.17, 15) is 4.79 Å². The fourth-order valence-electron chi connectivity index (χ4n) is 1.93. The van der Waals surface area contributed by atoms with Gasteiger partial charge in [0.1, 0.15) is 11.5 Å². The standard InChI is InChI=1S/C14H22N2O2/c1-11-4-7-13(18-11)10-16(9-8-15(2)3)14(17)12-5-6-12/h4,7,12H,5-6,8-10H2,1-3H3. The molecule has 100 valence electrons. The van der Waals surface area contributed by atoms with Crippen molar-refractivity contribution in [1.82, 2.24) is 9.80 Å². The normalized spacial score (nSPS) is 15.1. The lowest BCUT2D eigenvalue weighted by molar-refractivity contribution is -0.133. The molecule has 1 fully saturated rings. The second kappa shape index (κ2) is 5.57. The van der Waals surface area contributed by atoms with Gasteiger partial charge in [0, 0.05) is 19.0 Å². The molecular formula is C14H22N2O2. The number of hydrogen-bond acceptors (Lipinski definition) is 3. The third-order valence-electron chi connectivity index (χ3n) is 3.20. The van der Waals surface area contributed by atoms with Crippen molar-refractivity contribution in [1.29, 1.82) is 0 Å². The Kier molecular flexibility index (Phi) is 4.07. The largest absolute Gasteiger partial charge is 0.464 e. The maximum Gasteiger partial charge on any atom is 0.226 e. The fourth-order valence-corrected chi connectivity index (χ4v) is 1.93. The van der Waals surface area contributed by atoms with Crippen molar-refractivity contribution < 1.29 is 9.21 Å². The van der Waals surface area contributed by atoms with E-state index in [1.165, 1.54) is 0 Å². The molecule has 0 aromatic carbocycles. The number of furan rings is 1. The second-order valence-corrected chi connectivity index (χ2v) is 5.35. The Morgan fingerprint density at radius 1 is 1.33 bits per heavy atom. The van der Waals surface area contributed by atoms with Crippen LogP contribution in [0.2, 0.25) is 0 Å². The molecule has 18 heavy (non-hydrogen) atoms. The predicted molar refractivity (Wildman–Crippen MR) is 70.1 cm³/mol. The number of carbonyl (C=O) groups is 1. The van der Waals surface area contributed by atoms with Crippen LogP contribution in [0.15, 0.2) is 16.5 Å². The number of carbonyl (C=O) groups excluding carboxylic acids is 1. The van der Waals surface area contributed by atoms with Crippen molar-refractivity contribution in [3.63, 3.8) is 0 Å². The molecule has 1 heterocycles. The maximum atomic E-state index is 12.2. The highest BCUT2D eigenvalue weighted by Crippen LogP contribution is 2.31. The zero-order valence-electron chi connectivity index (χ0n) is 11.5. The van der Waals surface area contributed by atoms with Gasteiger partial charge < -0.3 is 14.2 Å². The number of nitrogens with zero attached hydrogens (tertiary/aromatic N) is 2. The summed E-state index contributed by atoms with van der Waals surface area (Å²) in [4.78, 5) is 16.2. The number of likely N-dealkylation sites (N-methyl/N-ethyl adjacent to an activating group) is 1. The average Bonchev–Trinajstić information content (AvgIpc) is 3.08. The summed E-state index contributed by atoms with van der Waals surface area (Å²) < 4.78 is 5.56. The SMILES string of the molecule is Cc1ccc(CN(CCN(C)C)C(=O)C2CC2)o1. The number of rotatable bonds is 6. The molecule has 0 saturated heterocycles. The van der Waals surface area contributed by atoms with Crippen molar-refractivity contribution in [3.05, 3.63) is 23.7 Å². The summed E-state index contributed by atoms with van der Waals surface area (Å²) in [6.45, 7) is 4.17. The Bertz CT molecular complexity index is 408. The van der Waals surface area contributed by atoms with Crippen molar-refractivity contribution in [3.8, 4) is 0 Å².